The molecular weight excluding hydrogens is 402 g/mol. The maximum Gasteiger partial charge on any atom is 0.271 e. The number of aromatic nitrogens is 2. The first-order valence-corrected chi connectivity index (χ1v) is 10.1. The van der Waals surface area contributed by atoms with Gasteiger partial charge in [-0.1, -0.05) is 41.9 Å². The molecule has 7 heteroatoms. The third-order valence-corrected chi connectivity index (χ3v) is 5.03. The summed E-state index contributed by atoms with van der Waals surface area (Å²) < 4.78 is 7.91. The number of benzene rings is 2. The Morgan fingerprint density at radius 1 is 1.23 bits per heavy atom. The molecule has 2 aromatic heterocycles. The highest BCUT2D eigenvalue weighted by Crippen LogP contribution is 2.32. The fourth-order valence-electron chi connectivity index (χ4n) is 3.32. The SMILES string of the molecule is Cc1cc(C(=O)NC[C@H](C)O)nn1Cc1cc(Cl)cc2cc(-c3ccccc3)oc12. The Hall–Kier alpha value is -3.09. The molecule has 30 heavy (non-hydrogen) atoms. The van der Waals surface area contributed by atoms with Gasteiger partial charge in [0.05, 0.1) is 12.6 Å². The summed E-state index contributed by atoms with van der Waals surface area (Å²) in [6, 6.07) is 17.3. The van der Waals surface area contributed by atoms with Crippen LogP contribution in [0.25, 0.3) is 22.3 Å². The topological polar surface area (TPSA) is 80.3 Å². The molecule has 4 aromatic rings. The Bertz CT molecular complexity index is 1200. The molecular formula is C23H22ClN3O3. The van der Waals surface area contributed by atoms with E-state index in [9.17, 15) is 9.90 Å². The molecule has 1 amide bonds. The van der Waals surface area contributed by atoms with Crippen LogP contribution in [0.3, 0.4) is 0 Å². The number of rotatable bonds is 6. The van der Waals surface area contributed by atoms with E-state index in [-0.39, 0.29) is 12.5 Å². The zero-order valence-electron chi connectivity index (χ0n) is 16.7. The number of hydrogen-bond acceptors (Lipinski definition) is 4. The number of aryl methyl sites for hydroxylation is 1. The molecule has 4 rings (SSSR count). The van der Waals surface area contributed by atoms with Crippen LogP contribution in [-0.2, 0) is 6.54 Å². The summed E-state index contributed by atoms with van der Waals surface area (Å²) in [5.41, 5.74) is 3.74. The molecule has 0 aliphatic rings. The lowest BCUT2D eigenvalue weighted by molar-refractivity contribution is 0.0918. The van der Waals surface area contributed by atoms with Gasteiger partial charge in [-0.25, -0.2) is 0 Å². The van der Waals surface area contributed by atoms with E-state index in [4.69, 9.17) is 16.0 Å². The summed E-state index contributed by atoms with van der Waals surface area (Å²) in [5.74, 6) is 0.447. The Labute approximate surface area is 179 Å². The minimum absolute atomic E-state index is 0.175. The maximum absolute atomic E-state index is 12.3. The van der Waals surface area contributed by atoms with Crippen LogP contribution in [0.4, 0.5) is 0 Å². The molecule has 1 atom stereocenters. The third kappa shape index (κ3) is 4.25. The van der Waals surface area contributed by atoms with Crippen molar-refractivity contribution in [3.63, 3.8) is 0 Å². The highest BCUT2D eigenvalue weighted by Gasteiger charge is 2.16. The van der Waals surface area contributed by atoms with Gasteiger partial charge in [0.1, 0.15) is 17.0 Å². The average molecular weight is 424 g/mol. The van der Waals surface area contributed by atoms with Gasteiger partial charge in [0, 0.05) is 33.8 Å². The first-order valence-electron chi connectivity index (χ1n) is 9.69. The zero-order chi connectivity index (χ0) is 21.3. The molecule has 2 aromatic carbocycles. The average Bonchev–Trinajstić information content (AvgIpc) is 3.30. The normalized spacial score (nSPS) is 12.3. The van der Waals surface area contributed by atoms with E-state index in [2.05, 4.69) is 10.4 Å². The molecule has 6 nitrogen and oxygen atoms in total. The van der Waals surface area contributed by atoms with E-state index in [0.29, 0.717) is 17.3 Å². The highest BCUT2D eigenvalue weighted by atomic mass is 35.5. The molecule has 2 N–H and O–H groups in total. The number of hydrogen-bond donors (Lipinski definition) is 2. The van der Waals surface area contributed by atoms with E-state index in [0.717, 1.165) is 33.6 Å². The van der Waals surface area contributed by atoms with E-state index in [1.165, 1.54) is 0 Å². The van der Waals surface area contributed by atoms with Crippen molar-refractivity contribution in [3.8, 4) is 11.3 Å². The van der Waals surface area contributed by atoms with E-state index >= 15 is 0 Å². The number of carbonyl (C=O) groups is 1. The van der Waals surface area contributed by atoms with Crippen molar-refractivity contribution in [1.82, 2.24) is 15.1 Å². The van der Waals surface area contributed by atoms with Crippen molar-refractivity contribution >= 4 is 28.5 Å². The second kappa shape index (κ2) is 8.34. The highest BCUT2D eigenvalue weighted by molar-refractivity contribution is 6.31. The minimum Gasteiger partial charge on any atom is -0.456 e. The lowest BCUT2D eigenvalue weighted by atomic mass is 10.1. The zero-order valence-corrected chi connectivity index (χ0v) is 17.5. The number of furan rings is 1. The molecule has 154 valence electrons. The standard InChI is InChI=1S/C23H22ClN3O3/c1-14-8-20(23(29)25-12-15(2)28)26-27(14)13-18-10-19(24)9-17-11-21(30-22(17)18)16-6-4-3-5-7-16/h3-11,15,28H,12-13H2,1-2H3,(H,25,29)/t15-/m0/s1. The second-order valence-electron chi connectivity index (χ2n) is 7.35. The summed E-state index contributed by atoms with van der Waals surface area (Å²) in [4.78, 5) is 12.3. The van der Waals surface area contributed by atoms with Gasteiger partial charge < -0.3 is 14.8 Å². The molecule has 0 bridgehead atoms. The predicted molar refractivity (Wildman–Crippen MR) is 117 cm³/mol. The first-order chi connectivity index (χ1) is 14.4. The number of fused-ring (bicyclic) bond motifs is 1. The van der Waals surface area contributed by atoms with E-state index < -0.39 is 6.10 Å². The van der Waals surface area contributed by atoms with Crippen molar-refractivity contribution in [3.05, 3.63) is 76.6 Å². The molecule has 0 spiro atoms. The van der Waals surface area contributed by atoms with Crippen LogP contribution < -0.4 is 5.32 Å². The van der Waals surface area contributed by atoms with E-state index in [1.54, 1.807) is 17.7 Å². The minimum atomic E-state index is -0.616. The van der Waals surface area contributed by atoms with Crippen molar-refractivity contribution in [2.24, 2.45) is 0 Å². The summed E-state index contributed by atoms with van der Waals surface area (Å²) >= 11 is 6.35. The molecule has 0 radical (unpaired) electrons. The molecule has 0 unspecified atom stereocenters. The largest absolute Gasteiger partial charge is 0.456 e. The molecule has 0 saturated heterocycles. The van der Waals surface area contributed by atoms with Gasteiger partial charge in [0.2, 0.25) is 0 Å². The molecule has 0 aliphatic carbocycles. The monoisotopic (exact) mass is 423 g/mol. The van der Waals surface area contributed by atoms with Gasteiger partial charge in [-0.05, 0) is 38.1 Å². The fraction of sp³-hybridized carbons (Fsp3) is 0.217. The Morgan fingerprint density at radius 3 is 2.73 bits per heavy atom. The number of aliphatic hydroxyl groups excluding tert-OH is 1. The Morgan fingerprint density at radius 2 is 2.00 bits per heavy atom. The van der Waals surface area contributed by atoms with Gasteiger partial charge in [0.25, 0.3) is 5.91 Å². The number of nitrogens with one attached hydrogen (secondary N) is 1. The summed E-state index contributed by atoms with van der Waals surface area (Å²) in [5, 5.41) is 18.0. The molecule has 0 fully saturated rings. The van der Waals surface area contributed by atoms with Crippen molar-refractivity contribution in [2.75, 3.05) is 6.54 Å². The number of nitrogens with zero attached hydrogens (tertiary/aromatic N) is 2. The Kier molecular flexibility index (Phi) is 5.61. The lowest BCUT2D eigenvalue weighted by Gasteiger charge is -2.07. The summed E-state index contributed by atoms with van der Waals surface area (Å²) in [6.45, 7) is 4.09. The number of carbonyl (C=O) groups excluding carboxylic acids is 1. The number of halogens is 1. The van der Waals surface area contributed by atoms with Gasteiger partial charge in [-0.2, -0.15) is 5.10 Å². The molecule has 2 heterocycles. The quantitative estimate of drug-likeness (QED) is 0.481. The third-order valence-electron chi connectivity index (χ3n) is 4.81. The second-order valence-corrected chi connectivity index (χ2v) is 7.78. The van der Waals surface area contributed by atoms with E-state index in [1.807, 2.05) is 55.5 Å². The fourth-order valence-corrected chi connectivity index (χ4v) is 3.57. The Balaban J connectivity index is 1.66. The van der Waals surface area contributed by atoms with Crippen LogP contribution in [-0.4, -0.2) is 33.4 Å². The first kappa shape index (κ1) is 20.2. The molecule has 0 aliphatic heterocycles. The lowest BCUT2D eigenvalue weighted by Crippen LogP contribution is -2.30. The van der Waals surface area contributed by atoms with Crippen molar-refractivity contribution in [2.45, 2.75) is 26.5 Å². The number of amides is 1. The van der Waals surface area contributed by atoms with Crippen molar-refractivity contribution in [1.29, 1.82) is 0 Å². The van der Waals surface area contributed by atoms with Crippen molar-refractivity contribution < 1.29 is 14.3 Å². The van der Waals surface area contributed by atoms with Gasteiger partial charge in [-0.15, -0.1) is 0 Å². The maximum atomic E-state index is 12.3. The van der Waals surface area contributed by atoms with Crippen LogP contribution in [0, 0.1) is 6.92 Å². The van der Waals surface area contributed by atoms with Crippen LogP contribution >= 0.6 is 11.6 Å². The predicted octanol–water partition coefficient (Wildman–Crippen LogP) is 4.42. The number of aliphatic hydroxyl groups is 1. The van der Waals surface area contributed by atoms with Crippen LogP contribution in [0.5, 0.6) is 0 Å². The summed E-state index contributed by atoms with van der Waals surface area (Å²) in [6.07, 6.45) is -0.616. The molecule has 0 saturated carbocycles. The van der Waals surface area contributed by atoms with Crippen LogP contribution in [0.15, 0.2) is 59.0 Å². The summed E-state index contributed by atoms with van der Waals surface area (Å²) in [7, 11) is 0. The van der Waals surface area contributed by atoms with Gasteiger partial charge in [-0.3, -0.25) is 9.48 Å². The van der Waals surface area contributed by atoms with Crippen LogP contribution in [0.1, 0.15) is 28.7 Å². The van der Waals surface area contributed by atoms with Crippen LogP contribution in [0.2, 0.25) is 5.02 Å². The smallest absolute Gasteiger partial charge is 0.271 e. The van der Waals surface area contributed by atoms with Gasteiger partial charge in [0.15, 0.2) is 0 Å². The van der Waals surface area contributed by atoms with Gasteiger partial charge >= 0.3 is 0 Å².